The Morgan fingerprint density at radius 2 is 1.86 bits per heavy atom. The van der Waals surface area contributed by atoms with Gasteiger partial charge in [0.05, 0.1) is 6.04 Å². The van der Waals surface area contributed by atoms with Crippen molar-refractivity contribution in [3.63, 3.8) is 0 Å². The van der Waals surface area contributed by atoms with Gasteiger partial charge >= 0.3 is 0 Å². The van der Waals surface area contributed by atoms with Gasteiger partial charge in [0.25, 0.3) is 0 Å². The molecule has 0 saturated heterocycles. The van der Waals surface area contributed by atoms with Gasteiger partial charge in [-0.05, 0) is 18.3 Å². The van der Waals surface area contributed by atoms with Crippen molar-refractivity contribution in [1.29, 1.82) is 0 Å². The van der Waals surface area contributed by atoms with Gasteiger partial charge in [-0.15, -0.1) is 0 Å². The first-order valence-corrected chi connectivity index (χ1v) is 5.78. The molecule has 2 rings (SSSR count). The van der Waals surface area contributed by atoms with Crippen LogP contribution in [0.4, 0.5) is 0 Å². The Kier molecular flexibility index (Phi) is 2.54. The van der Waals surface area contributed by atoms with Gasteiger partial charge < -0.3 is 4.74 Å². The SMILES string of the molecule is CC(C)(C)[C@@H]1COC(C2CCCC2)=N1. The third-order valence-electron chi connectivity index (χ3n) is 3.38. The molecule has 1 heterocycles. The molecule has 1 atom stereocenters. The summed E-state index contributed by atoms with van der Waals surface area (Å²) in [6.07, 6.45) is 5.28. The summed E-state index contributed by atoms with van der Waals surface area (Å²) in [5.41, 5.74) is 0.250. The quantitative estimate of drug-likeness (QED) is 0.630. The van der Waals surface area contributed by atoms with Crippen LogP contribution in [0, 0.1) is 11.3 Å². The monoisotopic (exact) mass is 195 g/mol. The zero-order valence-electron chi connectivity index (χ0n) is 9.55. The lowest BCUT2D eigenvalue weighted by Gasteiger charge is -2.21. The van der Waals surface area contributed by atoms with Gasteiger partial charge in [-0.25, -0.2) is 4.99 Å². The summed E-state index contributed by atoms with van der Waals surface area (Å²) >= 11 is 0. The van der Waals surface area contributed by atoms with Crippen LogP contribution in [0.3, 0.4) is 0 Å². The van der Waals surface area contributed by atoms with Crippen LogP contribution in [0.15, 0.2) is 4.99 Å². The predicted octanol–water partition coefficient (Wildman–Crippen LogP) is 3.02. The maximum Gasteiger partial charge on any atom is 0.186 e. The van der Waals surface area contributed by atoms with Crippen molar-refractivity contribution in [3.05, 3.63) is 0 Å². The Hall–Kier alpha value is -0.530. The first-order chi connectivity index (χ1) is 6.57. The minimum absolute atomic E-state index is 0.250. The second-order valence-electron chi connectivity index (χ2n) is 5.64. The molecule has 1 fully saturated rings. The lowest BCUT2D eigenvalue weighted by Crippen LogP contribution is -2.25. The molecule has 0 aromatic carbocycles. The first kappa shape index (κ1) is 10.0. The lowest BCUT2D eigenvalue weighted by atomic mass is 9.88. The topological polar surface area (TPSA) is 21.6 Å². The average Bonchev–Trinajstić information content (AvgIpc) is 2.73. The van der Waals surface area contributed by atoms with E-state index in [9.17, 15) is 0 Å². The summed E-state index contributed by atoms with van der Waals surface area (Å²) in [5.74, 6) is 1.70. The van der Waals surface area contributed by atoms with Crippen LogP contribution in [0.5, 0.6) is 0 Å². The standard InChI is InChI=1S/C12H21NO/c1-12(2,3)10-8-14-11(13-10)9-6-4-5-7-9/h9-10H,4-8H2,1-3H3/t10-/m0/s1. The highest BCUT2D eigenvalue weighted by atomic mass is 16.5. The average molecular weight is 195 g/mol. The Morgan fingerprint density at radius 1 is 1.21 bits per heavy atom. The van der Waals surface area contributed by atoms with E-state index < -0.39 is 0 Å². The van der Waals surface area contributed by atoms with Gasteiger partial charge in [0.2, 0.25) is 0 Å². The molecule has 2 heteroatoms. The minimum Gasteiger partial charge on any atom is -0.478 e. The van der Waals surface area contributed by atoms with Crippen molar-refractivity contribution in [1.82, 2.24) is 0 Å². The third-order valence-corrected chi connectivity index (χ3v) is 3.38. The number of aliphatic imine (C=N–C) groups is 1. The van der Waals surface area contributed by atoms with Gasteiger partial charge in [0.1, 0.15) is 6.61 Å². The molecule has 1 saturated carbocycles. The highest BCUT2D eigenvalue weighted by Gasteiger charge is 2.33. The van der Waals surface area contributed by atoms with E-state index in [0.29, 0.717) is 12.0 Å². The van der Waals surface area contributed by atoms with E-state index in [1.165, 1.54) is 25.7 Å². The lowest BCUT2D eigenvalue weighted by molar-refractivity contribution is 0.229. The fourth-order valence-electron chi connectivity index (χ4n) is 2.23. The third kappa shape index (κ3) is 1.94. The highest BCUT2D eigenvalue weighted by Crippen LogP contribution is 2.32. The Bertz CT molecular complexity index is 233. The Balaban J connectivity index is 2.01. The van der Waals surface area contributed by atoms with Crippen molar-refractivity contribution in [2.75, 3.05) is 6.61 Å². The second-order valence-corrected chi connectivity index (χ2v) is 5.64. The van der Waals surface area contributed by atoms with Gasteiger partial charge in [-0.2, -0.15) is 0 Å². The molecule has 0 spiro atoms. The summed E-state index contributed by atoms with van der Waals surface area (Å²) < 4.78 is 5.73. The fourth-order valence-corrected chi connectivity index (χ4v) is 2.23. The zero-order valence-corrected chi connectivity index (χ0v) is 9.55. The normalized spacial score (nSPS) is 29.1. The van der Waals surface area contributed by atoms with E-state index in [2.05, 4.69) is 20.8 Å². The van der Waals surface area contributed by atoms with Crippen LogP contribution < -0.4 is 0 Å². The molecule has 1 aliphatic carbocycles. The van der Waals surface area contributed by atoms with E-state index in [4.69, 9.17) is 9.73 Å². The molecule has 0 radical (unpaired) electrons. The molecule has 0 bridgehead atoms. The number of nitrogens with zero attached hydrogens (tertiary/aromatic N) is 1. The molecule has 14 heavy (non-hydrogen) atoms. The van der Waals surface area contributed by atoms with Crippen LogP contribution in [-0.4, -0.2) is 18.5 Å². The van der Waals surface area contributed by atoms with Crippen molar-refractivity contribution in [2.45, 2.75) is 52.5 Å². The summed E-state index contributed by atoms with van der Waals surface area (Å²) in [7, 11) is 0. The number of hydrogen-bond acceptors (Lipinski definition) is 2. The fraction of sp³-hybridized carbons (Fsp3) is 0.917. The predicted molar refractivity (Wildman–Crippen MR) is 58.6 cm³/mol. The summed E-state index contributed by atoms with van der Waals surface area (Å²) in [5, 5.41) is 0. The van der Waals surface area contributed by atoms with Crippen LogP contribution in [-0.2, 0) is 4.74 Å². The zero-order chi connectivity index (χ0) is 10.2. The van der Waals surface area contributed by atoms with Crippen LogP contribution >= 0.6 is 0 Å². The number of ether oxygens (including phenoxy) is 1. The van der Waals surface area contributed by atoms with Crippen LogP contribution in [0.25, 0.3) is 0 Å². The largest absolute Gasteiger partial charge is 0.478 e. The molecule has 1 aliphatic heterocycles. The van der Waals surface area contributed by atoms with E-state index in [-0.39, 0.29) is 5.41 Å². The summed E-state index contributed by atoms with van der Waals surface area (Å²) in [6, 6.07) is 0.373. The molecule has 2 aliphatic rings. The molecule has 0 aromatic rings. The van der Waals surface area contributed by atoms with Crippen molar-refractivity contribution in [2.24, 2.45) is 16.3 Å². The molecule has 2 nitrogen and oxygen atoms in total. The molecule has 0 N–H and O–H groups in total. The molecule has 80 valence electrons. The van der Waals surface area contributed by atoms with E-state index in [1.807, 2.05) is 0 Å². The van der Waals surface area contributed by atoms with Crippen molar-refractivity contribution in [3.8, 4) is 0 Å². The molecule has 0 amide bonds. The van der Waals surface area contributed by atoms with Crippen molar-refractivity contribution >= 4 is 5.90 Å². The summed E-state index contributed by atoms with van der Waals surface area (Å²) in [6.45, 7) is 7.52. The van der Waals surface area contributed by atoms with Gasteiger partial charge in [-0.3, -0.25) is 0 Å². The second kappa shape index (κ2) is 3.56. The number of rotatable bonds is 1. The number of hydrogen-bond donors (Lipinski definition) is 0. The highest BCUT2D eigenvalue weighted by molar-refractivity contribution is 5.80. The Labute approximate surface area is 86.8 Å². The van der Waals surface area contributed by atoms with E-state index in [1.54, 1.807) is 0 Å². The van der Waals surface area contributed by atoms with E-state index in [0.717, 1.165) is 12.5 Å². The molecular weight excluding hydrogens is 174 g/mol. The van der Waals surface area contributed by atoms with E-state index >= 15 is 0 Å². The minimum atomic E-state index is 0.250. The van der Waals surface area contributed by atoms with Crippen LogP contribution in [0.2, 0.25) is 0 Å². The molecule has 0 unspecified atom stereocenters. The summed E-state index contributed by atoms with van der Waals surface area (Å²) in [4.78, 5) is 4.74. The molecular formula is C12H21NO. The smallest absolute Gasteiger partial charge is 0.186 e. The van der Waals surface area contributed by atoms with Crippen LogP contribution in [0.1, 0.15) is 46.5 Å². The van der Waals surface area contributed by atoms with Crippen molar-refractivity contribution < 1.29 is 4.74 Å². The first-order valence-electron chi connectivity index (χ1n) is 5.78. The Morgan fingerprint density at radius 3 is 2.36 bits per heavy atom. The molecule has 0 aromatic heterocycles. The van der Waals surface area contributed by atoms with Gasteiger partial charge in [-0.1, -0.05) is 33.6 Å². The maximum atomic E-state index is 5.73. The van der Waals surface area contributed by atoms with Gasteiger partial charge in [0.15, 0.2) is 5.90 Å². The maximum absolute atomic E-state index is 5.73. The van der Waals surface area contributed by atoms with Gasteiger partial charge in [0, 0.05) is 5.92 Å².